The number of carbonyl (C=O) groups is 2. The van der Waals surface area contributed by atoms with Gasteiger partial charge in [-0.3, -0.25) is 9.78 Å². The highest BCUT2D eigenvalue weighted by atomic mass is 35.5. The Bertz CT molecular complexity index is 1070. The maximum absolute atomic E-state index is 12.1. The number of hydrogen-bond donors (Lipinski definition) is 1. The lowest BCUT2D eigenvalue weighted by Gasteiger charge is -2.12. The predicted octanol–water partition coefficient (Wildman–Crippen LogP) is 3.92. The van der Waals surface area contributed by atoms with Crippen LogP contribution in [-0.2, 0) is 14.3 Å². The maximum atomic E-state index is 12.1. The fraction of sp³-hybridized carbons (Fsp3) is 0.105. The number of nitrogens with zero attached hydrogens (tertiary/aromatic N) is 3. The quantitative estimate of drug-likeness (QED) is 0.500. The van der Waals surface area contributed by atoms with Gasteiger partial charge >= 0.3 is 5.97 Å². The summed E-state index contributed by atoms with van der Waals surface area (Å²) in [5.74, 6) is -1.15. The van der Waals surface area contributed by atoms with Crippen molar-refractivity contribution in [3.05, 3.63) is 64.5 Å². The van der Waals surface area contributed by atoms with Crippen molar-refractivity contribution >= 4 is 58.0 Å². The molecule has 2 aromatic heterocycles. The van der Waals surface area contributed by atoms with Crippen molar-refractivity contribution in [3.63, 3.8) is 0 Å². The molecule has 0 spiro atoms. The first-order valence-electron chi connectivity index (χ1n) is 8.15. The molecule has 1 aromatic carbocycles. The molecule has 0 fully saturated rings. The van der Waals surface area contributed by atoms with Crippen molar-refractivity contribution in [2.45, 2.75) is 13.0 Å². The summed E-state index contributed by atoms with van der Waals surface area (Å²) in [7, 11) is 0. The van der Waals surface area contributed by atoms with Crippen LogP contribution < -0.4 is 5.32 Å². The highest BCUT2D eigenvalue weighted by Crippen LogP contribution is 2.22. The SMILES string of the molecule is C[C@@H](OC(=O)/C=C/c1cnc2ccccc2n1)C(=O)Nc1ncc(Cl)cc1Cl. The van der Waals surface area contributed by atoms with E-state index in [9.17, 15) is 9.59 Å². The average Bonchev–Trinajstić information content (AvgIpc) is 2.68. The van der Waals surface area contributed by atoms with Gasteiger partial charge in [0.05, 0.1) is 33.0 Å². The number of amides is 1. The zero-order chi connectivity index (χ0) is 20.1. The van der Waals surface area contributed by atoms with E-state index in [0.29, 0.717) is 16.2 Å². The van der Waals surface area contributed by atoms with E-state index in [0.717, 1.165) is 5.52 Å². The van der Waals surface area contributed by atoms with Gasteiger partial charge in [0.1, 0.15) is 0 Å². The normalized spacial score (nSPS) is 12.1. The van der Waals surface area contributed by atoms with Crippen LogP contribution >= 0.6 is 23.2 Å². The third-order valence-corrected chi connectivity index (χ3v) is 4.06. The topological polar surface area (TPSA) is 94.1 Å². The van der Waals surface area contributed by atoms with Crippen LogP contribution in [0.15, 0.2) is 48.8 Å². The molecule has 0 radical (unpaired) electrons. The second-order valence-corrected chi connectivity index (χ2v) is 6.51. The number of pyridine rings is 1. The Labute approximate surface area is 170 Å². The molecule has 0 saturated carbocycles. The van der Waals surface area contributed by atoms with Crippen molar-refractivity contribution in [2.75, 3.05) is 5.32 Å². The molecule has 2 heterocycles. The Balaban J connectivity index is 1.59. The lowest BCUT2D eigenvalue weighted by molar-refractivity contribution is -0.148. The molecule has 142 valence electrons. The molecule has 0 aliphatic rings. The third kappa shape index (κ3) is 5.03. The van der Waals surface area contributed by atoms with Gasteiger partial charge in [0, 0.05) is 12.3 Å². The van der Waals surface area contributed by atoms with Crippen molar-refractivity contribution in [1.82, 2.24) is 15.0 Å². The molecule has 3 aromatic rings. The molecule has 1 N–H and O–H groups in total. The second kappa shape index (κ2) is 8.77. The van der Waals surface area contributed by atoms with Gasteiger partial charge in [-0.1, -0.05) is 35.3 Å². The Kier molecular flexibility index (Phi) is 6.18. The zero-order valence-corrected chi connectivity index (χ0v) is 16.1. The highest BCUT2D eigenvalue weighted by molar-refractivity contribution is 6.36. The molecule has 0 bridgehead atoms. The number of esters is 1. The first-order chi connectivity index (χ1) is 13.4. The summed E-state index contributed by atoms with van der Waals surface area (Å²) in [6, 6.07) is 8.81. The molecule has 0 saturated heterocycles. The van der Waals surface area contributed by atoms with Crippen LogP contribution in [0.4, 0.5) is 5.82 Å². The van der Waals surface area contributed by atoms with Gasteiger partial charge in [0.25, 0.3) is 5.91 Å². The number of para-hydroxylation sites is 2. The van der Waals surface area contributed by atoms with Crippen LogP contribution in [0.1, 0.15) is 12.6 Å². The van der Waals surface area contributed by atoms with Crippen LogP contribution in [0.2, 0.25) is 10.0 Å². The summed E-state index contributed by atoms with van der Waals surface area (Å²) in [4.78, 5) is 36.6. The number of hydrogen-bond acceptors (Lipinski definition) is 6. The maximum Gasteiger partial charge on any atom is 0.331 e. The number of carbonyl (C=O) groups excluding carboxylic acids is 2. The van der Waals surface area contributed by atoms with E-state index in [1.807, 2.05) is 24.3 Å². The van der Waals surface area contributed by atoms with E-state index >= 15 is 0 Å². The van der Waals surface area contributed by atoms with E-state index in [-0.39, 0.29) is 10.8 Å². The predicted molar refractivity (Wildman–Crippen MR) is 107 cm³/mol. The number of rotatable bonds is 5. The van der Waals surface area contributed by atoms with E-state index < -0.39 is 18.0 Å². The van der Waals surface area contributed by atoms with Gasteiger partial charge in [-0.2, -0.15) is 0 Å². The Morgan fingerprint density at radius 3 is 2.64 bits per heavy atom. The van der Waals surface area contributed by atoms with Crippen LogP contribution in [0, 0.1) is 0 Å². The van der Waals surface area contributed by atoms with E-state index in [1.165, 1.54) is 37.5 Å². The minimum absolute atomic E-state index is 0.126. The molecule has 28 heavy (non-hydrogen) atoms. The number of anilines is 1. The number of halogens is 2. The standard InChI is InChI=1S/C19H14Cl2N4O3/c1-11(19(27)25-18-14(21)8-12(20)9-23-18)28-17(26)7-6-13-10-22-15-4-2-3-5-16(15)24-13/h2-11H,1H3,(H,23,25,27)/b7-6+/t11-/m1/s1. The lowest BCUT2D eigenvalue weighted by Crippen LogP contribution is -2.29. The van der Waals surface area contributed by atoms with Gasteiger partial charge in [-0.05, 0) is 31.2 Å². The van der Waals surface area contributed by atoms with E-state index in [2.05, 4.69) is 20.3 Å². The first-order valence-corrected chi connectivity index (χ1v) is 8.90. The van der Waals surface area contributed by atoms with Crippen LogP contribution in [-0.4, -0.2) is 32.9 Å². The Hall–Kier alpha value is -3.03. The number of benzene rings is 1. The summed E-state index contributed by atoms with van der Waals surface area (Å²) >= 11 is 11.7. The number of fused-ring (bicyclic) bond motifs is 1. The van der Waals surface area contributed by atoms with E-state index in [1.54, 1.807) is 0 Å². The van der Waals surface area contributed by atoms with Crippen molar-refractivity contribution in [3.8, 4) is 0 Å². The van der Waals surface area contributed by atoms with Gasteiger partial charge in [0.2, 0.25) is 0 Å². The number of aromatic nitrogens is 3. The monoisotopic (exact) mass is 416 g/mol. The molecule has 3 rings (SSSR count). The molecule has 9 heteroatoms. The largest absolute Gasteiger partial charge is 0.449 e. The van der Waals surface area contributed by atoms with Gasteiger partial charge in [-0.25, -0.2) is 14.8 Å². The summed E-state index contributed by atoms with van der Waals surface area (Å²) in [6.07, 6.45) is 4.46. The fourth-order valence-electron chi connectivity index (χ4n) is 2.20. The second-order valence-electron chi connectivity index (χ2n) is 5.67. The lowest BCUT2D eigenvalue weighted by atomic mass is 10.3. The van der Waals surface area contributed by atoms with Crippen LogP contribution in [0.25, 0.3) is 17.1 Å². The molecule has 1 amide bonds. The van der Waals surface area contributed by atoms with Gasteiger partial charge < -0.3 is 10.1 Å². The number of ether oxygens (including phenoxy) is 1. The van der Waals surface area contributed by atoms with E-state index in [4.69, 9.17) is 27.9 Å². The van der Waals surface area contributed by atoms with Gasteiger partial charge in [-0.15, -0.1) is 0 Å². The summed E-state index contributed by atoms with van der Waals surface area (Å²) in [5.41, 5.74) is 1.95. The third-order valence-electron chi connectivity index (χ3n) is 3.57. The summed E-state index contributed by atoms with van der Waals surface area (Å²) < 4.78 is 5.07. The van der Waals surface area contributed by atoms with Crippen molar-refractivity contribution < 1.29 is 14.3 Å². The molecule has 0 aliphatic heterocycles. The molecule has 0 aliphatic carbocycles. The molecular weight excluding hydrogens is 403 g/mol. The minimum atomic E-state index is -1.06. The zero-order valence-electron chi connectivity index (χ0n) is 14.6. The number of nitrogens with one attached hydrogen (secondary N) is 1. The highest BCUT2D eigenvalue weighted by Gasteiger charge is 2.18. The Morgan fingerprint density at radius 2 is 1.89 bits per heavy atom. The average molecular weight is 417 g/mol. The Morgan fingerprint density at radius 1 is 1.14 bits per heavy atom. The molecule has 0 unspecified atom stereocenters. The van der Waals surface area contributed by atoms with Crippen LogP contribution in [0.3, 0.4) is 0 Å². The fourth-order valence-corrected chi connectivity index (χ4v) is 2.62. The first kappa shape index (κ1) is 19.7. The molecule has 1 atom stereocenters. The molecule has 7 nitrogen and oxygen atoms in total. The minimum Gasteiger partial charge on any atom is -0.449 e. The van der Waals surface area contributed by atoms with Crippen LogP contribution in [0.5, 0.6) is 0 Å². The van der Waals surface area contributed by atoms with Crippen molar-refractivity contribution in [2.24, 2.45) is 0 Å². The molecular formula is C19H14Cl2N4O3. The summed E-state index contributed by atoms with van der Waals surface area (Å²) in [6.45, 7) is 1.43. The van der Waals surface area contributed by atoms with Gasteiger partial charge in [0.15, 0.2) is 11.9 Å². The summed E-state index contributed by atoms with van der Waals surface area (Å²) in [5, 5.41) is 2.98. The van der Waals surface area contributed by atoms with Crippen molar-refractivity contribution in [1.29, 1.82) is 0 Å². The smallest absolute Gasteiger partial charge is 0.331 e.